The third-order valence-corrected chi connectivity index (χ3v) is 7.74. The van der Waals surface area contributed by atoms with Crippen LogP contribution in [0.4, 0.5) is 0 Å². The van der Waals surface area contributed by atoms with E-state index in [0.717, 1.165) is 17.4 Å². The second-order valence-corrected chi connectivity index (χ2v) is 9.36. The summed E-state index contributed by atoms with van der Waals surface area (Å²) in [5.74, 6) is 3.57. The molecule has 4 fully saturated rings. The van der Waals surface area contributed by atoms with Crippen molar-refractivity contribution in [2.24, 2.45) is 23.7 Å². The fourth-order valence-electron chi connectivity index (χ4n) is 6.50. The number of aromatic hydroxyl groups is 1. The molecule has 4 aliphatic carbocycles. The average molecular weight is 385 g/mol. The first-order valence-corrected chi connectivity index (χ1v) is 10.9. The standard InChI is InChI=1S/C22H28N2O2S/c25-20-12-23(21-17-7-15-6-16(9-17)10-18(21)8-15)22(26)24(20)19(13-27)11-14-4-2-1-3-5-14/h1-5,12,15-19,21,25,27H,6-11,13H2. The Kier molecular flexibility index (Phi) is 4.38. The summed E-state index contributed by atoms with van der Waals surface area (Å²) in [5, 5.41) is 10.7. The van der Waals surface area contributed by atoms with Crippen LogP contribution in [0.3, 0.4) is 0 Å². The lowest BCUT2D eigenvalue weighted by Gasteiger charge is -2.54. The Balaban J connectivity index is 1.47. The molecule has 4 aliphatic rings. The van der Waals surface area contributed by atoms with E-state index in [1.807, 2.05) is 22.8 Å². The summed E-state index contributed by atoms with van der Waals surface area (Å²) in [5.41, 5.74) is 1.10. The van der Waals surface area contributed by atoms with Gasteiger partial charge in [-0.25, -0.2) is 4.79 Å². The van der Waals surface area contributed by atoms with Gasteiger partial charge >= 0.3 is 5.69 Å². The molecule has 0 amide bonds. The van der Waals surface area contributed by atoms with Crippen molar-refractivity contribution in [1.82, 2.24) is 9.13 Å². The highest BCUT2D eigenvalue weighted by Crippen LogP contribution is 2.58. The van der Waals surface area contributed by atoms with Gasteiger partial charge in [0.05, 0.1) is 12.2 Å². The molecule has 2 aromatic rings. The van der Waals surface area contributed by atoms with Crippen LogP contribution < -0.4 is 5.69 Å². The Morgan fingerprint density at radius 2 is 1.67 bits per heavy atom. The second kappa shape index (κ2) is 6.77. The SMILES string of the molecule is O=c1n(C2C3CC4CC(C3)CC2C4)cc(O)n1C(CS)Cc1ccccc1. The van der Waals surface area contributed by atoms with E-state index in [4.69, 9.17) is 0 Å². The van der Waals surface area contributed by atoms with Crippen LogP contribution >= 0.6 is 12.6 Å². The third-order valence-electron chi connectivity index (χ3n) is 7.32. The maximum atomic E-state index is 13.3. The van der Waals surface area contributed by atoms with E-state index in [2.05, 4.69) is 24.8 Å². The van der Waals surface area contributed by atoms with Crippen LogP contribution in [-0.4, -0.2) is 20.0 Å². The number of thiol groups is 1. The van der Waals surface area contributed by atoms with Gasteiger partial charge in [0.25, 0.3) is 0 Å². The molecule has 4 bridgehead atoms. The fraction of sp³-hybridized carbons (Fsp3) is 0.591. The lowest BCUT2D eigenvalue weighted by Crippen LogP contribution is -2.48. The molecule has 1 unspecified atom stereocenters. The molecular formula is C22H28N2O2S. The van der Waals surface area contributed by atoms with Gasteiger partial charge in [0, 0.05) is 11.8 Å². The molecule has 27 heavy (non-hydrogen) atoms. The van der Waals surface area contributed by atoms with Crippen molar-refractivity contribution in [2.75, 3.05) is 5.75 Å². The van der Waals surface area contributed by atoms with Gasteiger partial charge in [0.15, 0.2) is 0 Å². The lowest BCUT2D eigenvalue weighted by molar-refractivity contribution is -0.0305. The highest BCUT2D eigenvalue weighted by Gasteiger charge is 2.49. The zero-order valence-corrected chi connectivity index (χ0v) is 16.5. The van der Waals surface area contributed by atoms with Crippen LogP contribution in [0.25, 0.3) is 0 Å². The molecule has 1 heterocycles. The van der Waals surface area contributed by atoms with Crippen molar-refractivity contribution in [3.8, 4) is 5.88 Å². The average Bonchev–Trinajstić information content (AvgIpc) is 2.94. The van der Waals surface area contributed by atoms with Crippen LogP contribution in [0, 0.1) is 23.7 Å². The van der Waals surface area contributed by atoms with E-state index in [1.165, 1.54) is 32.1 Å². The summed E-state index contributed by atoms with van der Waals surface area (Å²) < 4.78 is 3.45. The summed E-state index contributed by atoms with van der Waals surface area (Å²) in [4.78, 5) is 13.3. The number of aromatic nitrogens is 2. The van der Waals surface area contributed by atoms with Gasteiger partial charge in [-0.2, -0.15) is 12.6 Å². The predicted molar refractivity (Wildman–Crippen MR) is 109 cm³/mol. The largest absolute Gasteiger partial charge is 0.493 e. The molecule has 0 spiro atoms. The maximum Gasteiger partial charge on any atom is 0.331 e. The van der Waals surface area contributed by atoms with Gasteiger partial charge in [0.1, 0.15) is 0 Å². The van der Waals surface area contributed by atoms with Gasteiger partial charge in [-0.1, -0.05) is 30.3 Å². The number of hydrogen-bond acceptors (Lipinski definition) is 3. The minimum atomic E-state index is -0.138. The Morgan fingerprint density at radius 3 is 2.26 bits per heavy atom. The monoisotopic (exact) mass is 384 g/mol. The molecule has 0 saturated heterocycles. The van der Waals surface area contributed by atoms with Crippen molar-refractivity contribution in [2.45, 2.75) is 50.6 Å². The number of imidazole rings is 1. The van der Waals surface area contributed by atoms with Crippen LogP contribution in [0.2, 0.25) is 0 Å². The third kappa shape index (κ3) is 2.95. The van der Waals surface area contributed by atoms with E-state index in [9.17, 15) is 9.90 Å². The molecule has 4 nitrogen and oxygen atoms in total. The zero-order valence-electron chi connectivity index (χ0n) is 15.6. The number of nitrogens with zero attached hydrogens (tertiary/aromatic N) is 2. The van der Waals surface area contributed by atoms with E-state index in [-0.39, 0.29) is 23.7 Å². The van der Waals surface area contributed by atoms with E-state index in [0.29, 0.717) is 24.0 Å². The molecular weight excluding hydrogens is 356 g/mol. The molecule has 0 aliphatic heterocycles. The zero-order chi connectivity index (χ0) is 18.5. The molecule has 1 N–H and O–H groups in total. The smallest absolute Gasteiger partial charge is 0.331 e. The first kappa shape index (κ1) is 17.5. The van der Waals surface area contributed by atoms with E-state index < -0.39 is 0 Å². The van der Waals surface area contributed by atoms with Crippen LogP contribution in [-0.2, 0) is 6.42 Å². The molecule has 1 aromatic heterocycles. The highest BCUT2D eigenvalue weighted by molar-refractivity contribution is 7.80. The van der Waals surface area contributed by atoms with Crippen molar-refractivity contribution < 1.29 is 5.11 Å². The predicted octanol–water partition coefficient (Wildman–Crippen LogP) is 4.07. The Hall–Kier alpha value is -1.62. The van der Waals surface area contributed by atoms with E-state index in [1.54, 1.807) is 10.8 Å². The topological polar surface area (TPSA) is 47.2 Å². The highest BCUT2D eigenvalue weighted by atomic mass is 32.1. The molecule has 0 radical (unpaired) electrons. The van der Waals surface area contributed by atoms with Gasteiger partial charge < -0.3 is 5.11 Å². The van der Waals surface area contributed by atoms with Crippen molar-refractivity contribution in [3.63, 3.8) is 0 Å². The molecule has 1 atom stereocenters. The summed E-state index contributed by atoms with van der Waals surface area (Å²) in [6, 6.07) is 10.3. The van der Waals surface area contributed by atoms with E-state index >= 15 is 0 Å². The molecule has 144 valence electrons. The van der Waals surface area contributed by atoms with Crippen LogP contribution in [0.1, 0.15) is 49.8 Å². The molecule has 1 aromatic carbocycles. The Labute approximate surface area is 165 Å². The van der Waals surface area contributed by atoms with Crippen molar-refractivity contribution in [1.29, 1.82) is 0 Å². The Bertz CT molecular complexity index is 844. The normalized spacial score (nSPS) is 32.7. The molecule has 6 rings (SSSR count). The van der Waals surface area contributed by atoms with Gasteiger partial charge in [-0.3, -0.25) is 9.13 Å². The van der Waals surface area contributed by atoms with Gasteiger partial charge in [-0.15, -0.1) is 0 Å². The minimum absolute atomic E-state index is 0.0556. The minimum Gasteiger partial charge on any atom is -0.493 e. The Morgan fingerprint density at radius 1 is 1.04 bits per heavy atom. The first-order chi connectivity index (χ1) is 13.1. The molecule has 4 saturated carbocycles. The number of rotatable bonds is 5. The van der Waals surface area contributed by atoms with Gasteiger partial charge in [-0.05, 0) is 67.8 Å². The first-order valence-electron chi connectivity index (χ1n) is 10.3. The lowest BCUT2D eigenvalue weighted by atomic mass is 9.54. The number of benzene rings is 1. The van der Waals surface area contributed by atoms with Crippen LogP contribution in [0.5, 0.6) is 5.88 Å². The van der Waals surface area contributed by atoms with Gasteiger partial charge in [0.2, 0.25) is 5.88 Å². The number of hydrogen-bond donors (Lipinski definition) is 2. The quantitative estimate of drug-likeness (QED) is 0.764. The summed E-state index contributed by atoms with van der Waals surface area (Å²) >= 11 is 4.49. The second-order valence-electron chi connectivity index (χ2n) is 8.99. The summed E-state index contributed by atoms with van der Waals surface area (Å²) in [7, 11) is 0. The van der Waals surface area contributed by atoms with Crippen molar-refractivity contribution in [3.05, 3.63) is 52.6 Å². The summed E-state index contributed by atoms with van der Waals surface area (Å²) in [6.07, 6.45) is 8.85. The van der Waals surface area contributed by atoms with Crippen LogP contribution in [0.15, 0.2) is 41.3 Å². The van der Waals surface area contributed by atoms with Crippen molar-refractivity contribution >= 4 is 12.6 Å². The molecule has 5 heteroatoms. The summed E-state index contributed by atoms with van der Waals surface area (Å²) in [6.45, 7) is 0. The fourth-order valence-corrected chi connectivity index (χ4v) is 6.79. The maximum absolute atomic E-state index is 13.3.